The maximum atomic E-state index is 6.27. The van der Waals surface area contributed by atoms with Gasteiger partial charge in [-0.3, -0.25) is 4.68 Å². The van der Waals surface area contributed by atoms with Gasteiger partial charge in [-0.1, -0.05) is 37.6 Å². The summed E-state index contributed by atoms with van der Waals surface area (Å²) in [5.41, 5.74) is 9.81. The van der Waals surface area contributed by atoms with Crippen LogP contribution >= 0.6 is 0 Å². The van der Waals surface area contributed by atoms with Crippen LogP contribution in [0.3, 0.4) is 0 Å². The average Bonchev–Trinajstić information content (AvgIpc) is 2.75. The maximum absolute atomic E-state index is 6.27. The number of hydrogen-bond acceptors (Lipinski definition) is 2. The fourth-order valence-corrected chi connectivity index (χ4v) is 2.09. The summed E-state index contributed by atoms with van der Waals surface area (Å²) in [6, 6.07) is 10.4. The molecule has 0 spiro atoms. The first-order chi connectivity index (χ1) is 8.22. The monoisotopic (exact) mass is 229 g/mol. The molecule has 17 heavy (non-hydrogen) atoms. The predicted molar refractivity (Wildman–Crippen MR) is 69.7 cm³/mol. The maximum Gasteiger partial charge on any atom is 0.0723 e. The van der Waals surface area contributed by atoms with Crippen molar-refractivity contribution in [1.82, 2.24) is 9.78 Å². The molecule has 2 N–H and O–H groups in total. The highest BCUT2D eigenvalue weighted by molar-refractivity contribution is 5.31. The summed E-state index contributed by atoms with van der Waals surface area (Å²) in [4.78, 5) is 0. The van der Waals surface area contributed by atoms with E-state index in [1.165, 1.54) is 5.56 Å². The summed E-state index contributed by atoms with van der Waals surface area (Å²) in [7, 11) is 1.92. The normalized spacial score (nSPS) is 12.6. The highest BCUT2D eigenvalue weighted by Gasteiger charge is 2.12. The van der Waals surface area contributed by atoms with E-state index in [0.29, 0.717) is 0 Å². The molecule has 0 saturated heterocycles. The quantitative estimate of drug-likeness (QED) is 0.875. The van der Waals surface area contributed by atoms with Gasteiger partial charge in [-0.15, -0.1) is 0 Å². The lowest BCUT2D eigenvalue weighted by Crippen LogP contribution is -2.16. The van der Waals surface area contributed by atoms with Crippen molar-refractivity contribution in [1.29, 1.82) is 0 Å². The van der Waals surface area contributed by atoms with Crippen molar-refractivity contribution >= 4 is 0 Å². The first kappa shape index (κ1) is 11.9. The van der Waals surface area contributed by atoms with Gasteiger partial charge in [0.2, 0.25) is 0 Å². The second kappa shape index (κ2) is 5.15. The van der Waals surface area contributed by atoms with Crippen molar-refractivity contribution in [2.24, 2.45) is 12.8 Å². The Morgan fingerprint density at radius 2 is 2.18 bits per heavy atom. The van der Waals surface area contributed by atoms with Gasteiger partial charge in [0.1, 0.15) is 0 Å². The molecule has 90 valence electrons. The summed E-state index contributed by atoms with van der Waals surface area (Å²) in [5, 5.41) is 4.16. The number of rotatable bonds is 4. The highest BCUT2D eigenvalue weighted by Crippen LogP contribution is 2.20. The highest BCUT2D eigenvalue weighted by atomic mass is 15.3. The van der Waals surface area contributed by atoms with E-state index in [0.717, 1.165) is 24.1 Å². The Balaban J connectivity index is 2.28. The Hall–Kier alpha value is -1.61. The van der Waals surface area contributed by atoms with Crippen molar-refractivity contribution in [2.75, 3.05) is 0 Å². The molecule has 1 atom stereocenters. The zero-order chi connectivity index (χ0) is 12.3. The van der Waals surface area contributed by atoms with Crippen LogP contribution in [0.2, 0.25) is 0 Å². The van der Waals surface area contributed by atoms with Crippen molar-refractivity contribution in [3.63, 3.8) is 0 Å². The van der Waals surface area contributed by atoms with E-state index in [1.807, 2.05) is 17.8 Å². The van der Waals surface area contributed by atoms with Gasteiger partial charge >= 0.3 is 0 Å². The average molecular weight is 229 g/mol. The molecule has 0 aliphatic carbocycles. The van der Waals surface area contributed by atoms with Crippen molar-refractivity contribution in [3.05, 3.63) is 53.3 Å². The minimum Gasteiger partial charge on any atom is -0.319 e. The minimum absolute atomic E-state index is 0.0979. The van der Waals surface area contributed by atoms with Crippen LogP contribution in [0.25, 0.3) is 0 Å². The number of aryl methyl sites for hydroxylation is 2. The molecule has 0 aliphatic heterocycles. The Morgan fingerprint density at radius 3 is 2.82 bits per heavy atom. The fraction of sp³-hybridized carbons (Fsp3) is 0.357. The molecule has 0 radical (unpaired) electrons. The van der Waals surface area contributed by atoms with Crippen LogP contribution in [0.5, 0.6) is 0 Å². The van der Waals surface area contributed by atoms with Gasteiger partial charge in [-0.25, -0.2) is 0 Å². The van der Waals surface area contributed by atoms with E-state index < -0.39 is 0 Å². The summed E-state index contributed by atoms with van der Waals surface area (Å²) >= 11 is 0. The zero-order valence-corrected chi connectivity index (χ0v) is 10.4. The summed E-state index contributed by atoms with van der Waals surface area (Å²) < 4.78 is 1.83. The van der Waals surface area contributed by atoms with Gasteiger partial charge < -0.3 is 5.73 Å². The largest absolute Gasteiger partial charge is 0.319 e. The number of nitrogens with two attached hydrogens (primary N) is 1. The Labute approximate surface area is 102 Å². The van der Waals surface area contributed by atoms with E-state index in [9.17, 15) is 0 Å². The molecule has 0 amide bonds. The van der Waals surface area contributed by atoms with Crippen molar-refractivity contribution < 1.29 is 0 Å². The molecule has 1 aromatic heterocycles. The minimum atomic E-state index is -0.0979. The molecular formula is C14H19N3. The van der Waals surface area contributed by atoms with Gasteiger partial charge in [0.25, 0.3) is 0 Å². The zero-order valence-electron chi connectivity index (χ0n) is 10.4. The first-order valence-corrected chi connectivity index (χ1v) is 6.04. The molecule has 1 aromatic carbocycles. The van der Waals surface area contributed by atoms with Gasteiger partial charge in [0, 0.05) is 13.2 Å². The van der Waals surface area contributed by atoms with E-state index in [4.69, 9.17) is 5.73 Å². The molecule has 1 heterocycles. The van der Waals surface area contributed by atoms with E-state index in [2.05, 4.69) is 36.3 Å². The van der Waals surface area contributed by atoms with Crippen LogP contribution in [0.15, 0.2) is 36.5 Å². The van der Waals surface area contributed by atoms with Crippen molar-refractivity contribution in [2.45, 2.75) is 25.8 Å². The summed E-state index contributed by atoms with van der Waals surface area (Å²) in [6.07, 6.45) is 4.04. The molecule has 3 heteroatoms. The van der Waals surface area contributed by atoms with Gasteiger partial charge in [-0.05, 0) is 23.6 Å². The van der Waals surface area contributed by atoms with Crippen LogP contribution < -0.4 is 5.73 Å². The van der Waals surface area contributed by atoms with Gasteiger partial charge in [0.15, 0.2) is 0 Å². The second-order valence-corrected chi connectivity index (χ2v) is 4.35. The standard InChI is InChI=1S/C14H19N3/c1-3-5-11-6-4-7-12(10-11)14(15)13-8-9-16-17(13)2/h4,6-10,14H,3,5,15H2,1-2H3. The molecular weight excluding hydrogens is 210 g/mol. The lowest BCUT2D eigenvalue weighted by molar-refractivity contribution is 0.672. The van der Waals surface area contributed by atoms with E-state index in [1.54, 1.807) is 6.20 Å². The number of aromatic nitrogens is 2. The first-order valence-electron chi connectivity index (χ1n) is 6.04. The topological polar surface area (TPSA) is 43.8 Å². The lowest BCUT2D eigenvalue weighted by Gasteiger charge is -2.13. The molecule has 0 aliphatic rings. The van der Waals surface area contributed by atoms with Crippen LogP contribution in [0.4, 0.5) is 0 Å². The van der Waals surface area contributed by atoms with Crippen molar-refractivity contribution in [3.8, 4) is 0 Å². The van der Waals surface area contributed by atoms with Crippen LogP contribution in [0, 0.1) is 0 Å². The third-order valence-electron chi connectivity index (χ3n) is 3.03. The van der Waals surface area contributed by atoms with E-state index >= 15 is 0 Å². The molecule has 1 unspecified atom stereocenters. The lowest BCUT2D eigenvalue weighted by atomic mass is 10.0. The number of benzene rings is 1. The smallest absolute Gasteiger partial charge is 0.0723 e. The van der Waals surface area contributed by atoms with Crippen LogP contribution in [-0.2, 0) is 13.5 Å². The van der Waals surface area contributed by atoms with Gasteiger partial charge in [0.05, 0.1) is 11.7 Å². The Kier molecular flexibility index (Phi) is 3.59. The van der Waals surface area contributed by atoms with Crippen LogP contribution in [0.1, 0.15) is 36.2 Å². The summed E-state index contributed by atoms with van der Waals surface area (Å²) in [5.74, 6) is 0. The predicted octanol–water partition coefficient (Wildman–Crippen LogP) is 2.42. The molecule has 0 fully saturated rings. The number of hydrogen-bond donors (Lipinski definition) is 1. The molecule has 2 aromatic rings. The third kappa shape index (κ3) is 2.56. The van der Waals surface area contributed by atoms with E-state index in [-0.39, 0.29) is 6.04 Å². The van der Waals surface area contributed by atoms with Gasteiger partial charge in [-0.2, -0.15) is 5.10 Å². The molecule has 3 nitrogen and oxygen atoms in total. The second-order valence-electron chi connectivity index (χ2n) is 4.35. The summed E-state index contributed by atoms with van der Waals surface area (Å²) in [6.45, 7) is 2.19. The third-order valence-corrected chi connectivity index (χ3v) is 3.03. The molecule has 2 rings (SSSR count). The SMILES string of the molecule is CCCc1cccc(C(N)c2ccnn2C)c1. The Morgan fingerprint density at radius 1 is 1.35 bits per heavy atom. The molecule has 0 bridgehead atoms. The molecule has 0 saturated carbocycles. The Bertz CT molecular complexity index is 488. The fourth-order valence-electron chi connectivity index (χ4n) is 2.09. The van der Waals surface area contributed by atoms with Crippen LogP contribution in [-0.4, -0.2) is 9.78 Å². The number of nitrogens with zero attached hydrogens (tertiary/aromatic N) is 2.